The molecule has 6 heteroatoms. The lowest BCUT2D eigenvalue weighted by atomic mass is 9.92. The lowest BCUT2D eigenvalue weighted by Gasteiger charge is -2.30. The maximum Gasteiger partial charge on any atom is 0.313 e. The summed E-state index contributed by atoms with van der Waals surface area (Å²) in [5, 5.41) is 8.74. The summed E-state index contributed by atoms with van der Waals surface area (Å²) in [7, 11) is 1.32. The fourth-order valence-corrected chi connectivity index (χ4v) is 2.20. The monoisotopic (exact) mass is 400 g/mol. The number of benzene rings is 1. The molecule has 0 aliphatic heterocycles. The number of hydrogen-bond acceptors (Lipinski definition) is 4. The molecule has 1 amide bonds. The maximum atomic E-state index is 12.2. The number of amides is 1. The van der Waals surface area contributed by atoms with E-state index in [0.717, 1.165) is 3.57 Å². The summed E-state index contributed by atoms with van der Waals surface area (Å²) in [6, 6.07) is 9.18. The molecule has 1 aromatic carbocycles. The number of nitrogens with zero attached hydrogens (tertiary/aromatic N) is 2. The average Bonchev–Trinajstić information content (AvgIpc) is 2.45. The highest BCUT2D eigenvalue weighted by molar-refractivity contribution is 14.1. The lowest BCUT2D eigenvalue weighted by Crippen LogP contribution is -2.43. The Morgan fingerprint density at radius 3 is 2.38 bits per heavy atom. The van der Waals surface area contributed by atoms with Gasteiger partial charge < -0.3 is 9.64 Å². The molecule has 0 saturated carbocycles. The second kappa shape index (κ2) is 7.41. The van der Waals surface area contributed by atoms with Gasteiger partial charge in [-0.1, -0.05) is 0 Å². The van der Waals surface area contributed by atoms with Crippen LogP contribution in [-0.2, 0) is 14.3 Å². The number of ether oxygens (including phenoxy) is 1. The fraction of sp³-hybridized carbons (Fsp3) is 0.400. The van der Waals surface area contributed by atoms with Crippen molar-refractivity contribution in [3.05, 3.63) is 27.8 Å². The molecule has 0 aliphatic rings. The van der Waals surface area contributed by atoms with Crippen LogP contribution in [0, 0.1) is 20.3 Å². The standard InChI is InChI=1S/C15H17IN2O3/c1-15(2,14(20)21-3)10-18(13(19)8-9-17)12-6-4-11(16)5-7-12/h4-7H,8,10H2,1-3H3. The van der Waals surface area contributed by atoms with Gasteiger partial charge in [0.05, 0.1) is 18.6 Å². The molecular formula is C15H17IN2O3. The van der Waals surface area contributed by atoms with Crippen LogP contribution in [0.1, 0.15) is 20.3 Å². The second-order valence-corrected chi connectivity index (χ2v) is 6.41. The first-order valence-electron chi connectivity index (χ1n) is 6.33. The van der Waals surface area contributed by atoms with E-state index >= 15 is 0 Å². The first-order valence-corrected chi connectivity index (χ1v) is 7.41. The number of nitriles is 1. The maximum absolute atomic E-state index is 12.2. The molecule has 0 unspecified atom stereocenters. The van der Waals surface area contributed by atoms with E-state index in [1.165, 1.54) is 12.0 Å². The Hall–Kier alpha value is -1.62. The van der Waals surface area contributed by atoms with Crippen molar-refractivity contribution in [1.82, 2.24) is 0 Å². The predicted octanol–water partition coefficient (Wildman–Crippen LogP) is 2.74. The molecule has 1 aromatic rings. The van der Waals surface area contributed by atoms with Gasteiger partial charge in [0.1, 0.15) is 6.42 Å². The molecule has 0 bridgehead atoms. The predicted molar refractivity (Wildman–Crippen MR) is 87.5 cm³/mol. The molecule has 0 heterocycles. The number of methoxy groups -OCH3 is 1. The van der Waals surface area contributed by atoms with Crippen molar-refractivity contribution in [3.63, 3.8) is 0 Å². The van der Waals surface area contributed by atoms with Gasteiger partial charge in [-0.05, 0) is 60.7 Å². The van der Waals surface area contributed by atoms with E-state index < -0.39 is 11.4 Å². The van der Waals surface area contributed by atoms with Crippen LogP contribution in [0.4, 0.5) is 5.69 Å². The van der Waals surface area contributed by atoms with E-state index in [1.807, 2.05) is 18.2 Å². The van der Waals surface area contributed by atoms with Crippen LogP contribution in [0.25, 0.3) is 0 Å². The highest BCUT2D eigenvalue weighted by atomic mass is 127. The number of anilines is 1. The van der Waals surface area contributed by atoms with Gasteiger partial charge in [0.15, 0.2) is 0 Å². The number of esters is 1. The van der Waals surface area contributed by atoms with E-state index in [9.17, 15) is 9.59 Å². The number of halogens is 1. The van der Waals surface area contributed by atoms with Gasteiger partial charge in [-0.15, -0.1) is 0 Å². The van der Waals surface area contributed by atoms with Gasteiger partial charge in [-0.3, -0.25) is 9.59 Å². The van der Waals surface area contributed by atoms with E-state index in [2.05, 4.69) is 22.6 Å². The Labute approximate surface area is 138 Å². The summed E-state index contributed by atoms with van der Waals surface area (Å²) >= 11 is 2.17. The normalized spacial score (nSPS) is 10.6. The third-order valence-electron chi connectivity index (χ3n) is 2.96. The molecule has 0 atom stereocenters. The van der Waals surface area contributed by atoms with Gasteiger partial charge in [0, 0.05) is 15.8 Å². The van der Waals surface area contributed by atoms with E-state index in [1.54, 1.807) is 26.0 Å². The Kier molecular flexibility index (Phi) is 6.15. The summed E-state index contributed by atoms with van der Waals surface area (Å²) < 4.78 is 5.81. The van der Waals surface area contributed by atoms with Crippen LogP contribution in [0.2, 0.25) is 0 Å². The van der Waals surface area contributed by atoms with Crippen LogP contribution in [-0.4, -0.2) is 25.5 Å². The first-order chi connectivity index (χ1) is 9.81. The van der Waals surface area contributed by atoms with Crippen molar-refractivity contribution in [2.24, 2.45) is 5.41 Å². The Bertz CT molecular complexity index is 561. The summed E-state index contributed by atoms with van der Waals surface area (Å²) in [6.07, 6.45) is -0.233. The third kappa shape index (κ3) is 4.70. The molecule has 112 valence electrons. The summed E-state index contributed by atoms with van der Waals surface area (Å²) in [4.78, 5) is 25.4. The Morgan fingerprint density at radius 1 is 1.33 bits per heavy atom. The van der Waals surface area contributed by atoms with Crippen molar-refractivity contribution >= 4 is 40.2 Å². The minimum atomic E-state index is -0.858. The smallest absolute Gasteiger partial charge is 0.313 e. The number of carbonyl (C=O) groups excluding carboxylic acids is 2. The van der Waals surface area contributed by atoms with E-state index in [0.29, 0.717) is 5.69 Å². The topological polar surface area (TPSA) is 70.4 Å². The molecule has 0 saturated heterocycles. The largest absolute Gasteiger partial charge is 0.469 e. The number of rotatable bonds is 5. The van der Waals surface area contributed by atoms with Crippen molar-refractivity contribution in [2.75, 3.05) is 18.6 Å². The minimum Gasteiger partial charge on any atom is -0.469 e. The van der Waals surface area contributed by atoms with Crippen LogP contribution >= 0.6 is 22.6 Å². The summed E-state index contributed by atoms with van der Waals surface area (Å²) in [5.74, 6) is -0.738. The molecule has 21 heavy (non-hydrogen) atoms. The van der Waals surface area contributed by atoms with Crippen LogP contribution in [0.15, 0.2) is 24.3 Å². The minimum absolute atomic E-state index is 0.154. The SMILES string of the molecule is COC(=O)C(C)(C)CN(C(=O)CC#N)c1ccc(I)cc1. The zero-order valence-electron chi connectivity index (χ0n) is 12.2. The third-order valence-corrected chi connectivity index (χ3v) is 3.68. The van der Waals surface area contributed by atoms with Crippen molar-refractivity contribution < 1.29 is 14.3 Å². The molecule has 1 rings (SSSR count). The lowest BCUT2D eigenvalue weighted by molar-refractivity contribution is -0.150. The quantitative estimate of drug-likeness (QED) is 0.563. The van der Waals surface area contributed by atoms with Gasteiger partial charge in [-0.2, -0.15) is 5.26 Å². The van der Waals surface area contributed by atoms with Gasteiger partial charge in [-0.25, -0.2) is 0 Å². The molecule has 0 N–H and O–H groups in total. The fourth-order valence-electron chi connectivity index (χ4n) is 1.84. The zero-order chi connectivity index (χ0) is 16.0. The molecule has 0 radical (unpaired) electrons. The summed E-state index contributed by atoms with van der Waals surface area (Å²) in [5.41, 5.74) is -0.198. The molecule has 0 fully saturated rings. The van der Waals surface area contributed by atoms with Crippen molar-refractivity contribution in [3.8, 4) is 6.07 Å². The average molecular weight is 400 g/mol. The van der Waals surface area contributed by atoms with Crippen molar-refractivity contribution in [1.29, 1.82) is 5.26 Å². The molecule has 5 nitrogen and oxygen atoms in total. The molecule has 0 aliphatic carbocycles. The highest BCUT2D eigenvalue weighted by Gasteiger charge is 2.33. The van der Waals surface area contributed by atoms with Gasteiger partial charge in [0.2, 0.25) is 5.91 Å². The number of carbonyl (C=O) groups is 2. The molecular weight excluding hydrogens is 383 g/mol. The Morgan fingerprint density at radius 2 is 1.90 bits per heavy atom. The van der Waals surface area contributed by atoms with E-state index in [4.69, 9.17) is 10.00 Å². The van der Waals surface area contributed by atoms with Crippen LogP contribution in [0.3, 0.4) is 0 Å². The molecule has 0 aromatic heterocycles. The first kappa shape index (κ1) is 17.4. The van der Waals surface area contributed by atoms with Gasteiger partial charge >= 0.3 is 5.97 Å². The van der Waals surface area contributed by atoms with E-state index in [-0.39, 0.29) is 18.9 Å². The second-order valence-electron chi connectivity index (χ2n) is 5.17. The highest BCUT2D eigenvalue weighted by Crippen LogP contribution is 2.25. The Balaban J connectivity index is 3.09. The van der Waals surface area contributed by atoms with Gasteiger partial charge in [0.25, 0.3) is 0 Å². The van der Waals surface area contributed by atoms with Crippen molar-refractivity contribution in [2.45, 2.75) is 20.3 Å². The van der Waals surface area contributed by atoms with Crippen LogP contribution in [0.5, 0.6) is 0 Å². The zero-order valence-corrected chi connectivity index (χ0v) is 14.4. The number of hydrogen-bond donors (Lipinski definition) is 0. The molecule has 0 spiro atoms. The van der Waals surface area contributed by atoms with Crippen LogP contribution < -0.4 is 4.90 Å². The summed E-state index contributed by atoms with van der Waals surface area (Å²) in [6.45, 7) is 3.57.